The van der Waals surface area contributed by atoms with Crippen LogP contribution in [0.1, 0.15) is 26.3 Å². The Kier molecular flexibility index (Phi) is 6.26. The first-order valence-corrected chi connectivity index (χ1v) is 11.6. The maximum Gasteiger partial charge on any atom is 0.410 e. The van der Waals surface area contributed by atoms with E-state index in [2.05, 4.69) is 20.9 Å². The molecule has 4 aromatic rings. The normalized spacial score (nSPS) is 11.7. The number of nitrogens with zero attached hydrogens (tertiary/aromatic N) is 3. The molecule has 0 bridgehead atoms. The van der Waals surface area contributed by atoms with Gasteiger partial charge in [0.2, 0.25) is 0 Å². The number of carbonyl (C=O) groups is 1. The van der Waals surface area contributed by atoms with Crippen molar-refractivity contribution in [3.8, 4) is 5.69 Å². The molecular formula is C26H26BrN3O3. The summed E-state index contributed by atoms with van der Waals surface area (Å²) in [5.74, 6) is 0. The fourth-order valence-electron chi connectivity index (χ4n) is 3.68. The summed E-state index contributed by atoms with van der Waals surface area (Å²) in [5.41, 5.74) is 2.87. The van der Waals surface area contributed by atoms with E-state index in [0.29, 0.717) is 13.0 Å². The molecule has 0 aliphatic heterocycles. The highest BCUT2D eigenvalue weighted by atomic mass is 79.9. The second-order valence-electron chi connectivity index (χ2n) is 9.05. The first-order chi connectivity index (χ1) is 15.6. The molecule has 0 N–H and O–H groups in total. The lowest BCUT2D eigenvalue weighted by Gasteiger charge is -2.24. The van der Waals surface area contributed by atoms with Gasteiger partial charge < -0.3 is 9.64 Å². The topological polar surface area (TPSA) is 64.4 Å². The maximum atomic E-state index is 12.9. The van der Waals surface area contributed by atoms with Crippen molar-refractivity contribution in [3.05, 3.63) is 81.2 Å². The largest absolute Gasteiger partial charge is 0.444 e. The molecule has 0 aliphatic carbocycles. The number of carbonyl (C=O) groups excluding carboxylic acids is 1. The van der Waals surface area contributed by atoms with Crippen LogP contribution in [0.25, 0.3) is 27.5 Å². The van der Waals surface area contributed by atoms with E-state index < -0.39 is 5.60 Å². The summed E-state index contributed by atoms with van der Waals surface area (Å²) in [6.45, 7) is 6.09. The average Bonchev–Trinajstić information content (AvgIpc) is 2.76. The maximum absolute atomic E-state index is 12.9. The van der Waals surface area contributed by atoms with Crippen molar-refractivity contribution in [2.75, 3.05) is 13.6 Å². The van der Waals surface area contributed by atoms with E-state index in [1.165, 1.54) is 0 Å². The van der Waals surface area contributed by atoms with Gasteiger partial charge in [0.15, 0.2) is 0 Å². The third-order valence-corrected chi connectivity index (χ3v) is 5.81. The number of hydrogen-bond acceptors (Lipinski definition) is 4. The van der Waals surface area contributed by atoms with Gasteiger partial charge >= 0.3 is 6.09 Å². The molecule has 0 fully saturated rings. The van der Waals surface area contributed by atoms with E-state index in [-0.39, 0.29) is 11.7 Å². The molecule has 4 rings (SSSR count). The third-order valence-electron chi connectivity index (χ3n) is 5.31. The van der Waals surface area contributed by atoms with Crippen LogP contribution >= 0.6 is 15.9 Å². The van der Waals surface area contributed by atoms with Crippen molar-refractivity contribution in [1.82, 2.24) is 14.5 Å². The Morgan fingerprint density at radius 1 is 1.09 bits per heavy atom. The Bertz CT molecular complexity index is 1390. The number of aromatic nitrogens is 2. The predicted molar refractivity (Wildman–Crippen MR) is 135 cm³/mol. The number of pyridine rings is 2. The van der Waals surface area contributed by atoms with E-state index in [9.17, 15) is 9.59 Å². The van der Waals surface area contributed by atoms with Gasteiger partial charge in [0.25, 0.3) is 5.56 Å². The zero-order valence-electron chi connectivity index (χ0n) is 19.1. The molecule has 2 aromatic heterocycles. The number of halogens is 1. The zero-order valence-corrected chi connectivity index (χ0v) is 20.7. The lowest BCUT2D eigenvalue weighted by molar-refractivity contribution is 0.0301. The third kappa shape index (κ3) is 5.09. The number of hydrogen-bond donors (Lipinski definition) is 0. The van der Waals surface area contributed by atoms with Gasteiger partial charge in [-0.15, -0.1) is 0 Å². The summed E-state index contributed by atoms with van der Waals surface area (Å²) in [5, 5.41) is 1.80. The van der Waals surface area contributed by atoms with Crippen LogP contribution in [-0.4, -0.2) is 39.7 Å². The van der Waals surface area contributed by atoms with E-state index in [0.717, 1.165) is 37.5 Å². The Balaban J connectivity index is 1.64. The van der Waals surface area contributed by atoms with Gasteiger partial charge in [-0.25, -0.2) is 4.79 Å². The minimum absolute atomic E-state index is 0.104. The van der Waals surface area contributed by atoms with Crippen molar-refractivity contribution in [1.29, 1.82) is 0 Å². The number of rotatable bonds is 4. The predicted octanol–water partition coefficient (Wildman–Crippen LogP) is 5.71. The molecular weight excluding hydrogens is 482 g/mol. The highest BCUT2D eigenvalue weighted by Crippen LogP contribution is 2.27. The van der Waals surface area contributed by atoms with Crippen LogP contribution in [0.3, 0.4) is 0 Å². The van der Waals surface area contributed by atoms with E-state index in [1.807, 2.05) is 69.3 Å². The first-order valence-electron chi connectivity index (χ1n) is 10.8. The number of likely N-dealkylation sites (N-methyl/N-ethyl adjacent to an activating group) is 1. The molecule has 33 heavy (non-hydrogen) atoms. The van der Waals surface area contributed by atoms with Crippen LogP contribution in [0.5, 0.6) is 0 Å². The van der Waals surface area contributed by atoms with Gasteiger partial charge in [-0.3, -0.25) is 14.3 Å². The molecule has 2 heterocycles. The van der Waals surface area contributed by atoms with E-state index in [4.69, 9.17) is 4.74 Å². The number of amides is 1. The molecule has 0 spiro atoms. The molecule has 7 heteroatoms. The van der Waals surface area contributed by atoms with Crippen LogP contribution in [-0.2, 0) is 11.2 Å². The lowest BCUT2D eigenvalue weighted by atomic mass is 10.1. The monoisotopic (exact) mass is 507 g/mol. The van der Waals surface area contributed by atoms with Crippen molar-refractivity contribution < 1.29 is 9.53 Å². The molecule has 0 aliphatic rings. The number of benzene rings is 2. The summed E-state index contributed by atoms with van der Waals surface area (Å²) in [7, 11) is 1.73. The molecule has 0 atom stereocenters. The minimum Gasteiger partial charge on any atom is -0.444 e. The summed E-state index contributed by atoms with van der Waals surface area (Å²) in [6.07, 6.45) is 2.14. The smallest absolute Gasteiger partial charge is 0.410 e. The lowest BCUT2D eigenvalue weighted by Crippen LogP contribution is -2.35. The highest BCUT2D eigenvalue weighted by molar-refractivity contribution is 9.10. The van der Waals surface area contributed by atoms with Crippen molar-refractivity contribution in [2.45, 2.75) is 32.8 Å². The Morgan fingerprint density at radius 2 is 1.82 bits per heavy atom. The summed E-state index contributed by atoms with van der Waals surface area (Å²) >= 11 is 3.53. The van der Waals surface area contributed by atoms with Gasteiger partial charge in [-0.2, -0.15) is 0 Å². The minimum atomic E-state index is -0.520. The van der Waals surface area contributed by atoms with Crippen LogP contribution < -0.4 is 5.56 Å². The molecule has 6 nitrogen and oxygen atoms in total. The summed E-state index contributed by atoms with van der Waals surface area (Å²) < 4.78 is 8.05. The zero-order chi connectivity index (χ0) is 23.8. The second kappa shape index (κ2) is 8.98. The summed E-state index contributed by atoms with van der Waals surface area (Å²) in [4.78, 5) is 31.2. The van der Waals surface area contributed by atoms with E-state index >= 15 is 0 Å². The standard InChI is InChI=1S/C26H26BrN3O3/c1-26(2,3)33-25(32)29(4)14-13-17-5-9-20(10-6-17)30-23(31)12-7-18-16-28-22-11-8-19(27)15-21(22)24(18)30/h5-12,15-16H,13-14H2,1-4H3. The molecule has 1 amide bonds. The van der Waals surface area contributed by atoms with Crippen molar-refractivity contribution >= 4 is 43.8 Å². The van der Waals surface area contributed by atoms with Gasteiger partial charge in [-0.1, -0.05) is 28.1 Å². The molecule has 0 unspecified atom stereocenters. The number of ether oxygens (including phenoxy) is 1. The Hall–Kier alpha value is -3.19. The summed E-state index contributed by atoms with van der Waals surface area (Å²) in [6, 6.07) is 17.1. The highest BCUT2D eigenvalue weighted by Gasteiger charge is 2.19. The number of fused-ring (bicyclic) bond motifs is 3. The van der Waals surface area contributed by atoms with Gasteiger partial charge in [0.1, 0.15) is 5.60 Å². The Labute approximate surface area is 200 Å². The first kappa shape index (κ1) is 23.0. The molecule has 0 saturated carbocycles. The van der Waals surface area contributed by atoms with E-state index in [1.54, 1.807) is 28.8 Å². The molecule has 0 radical (unpaired) electrons. The van der Waals surface area contributed by atoms with Crippen LogP contribution in [0.15, 0.2) is 70.1 Å². The van der Waals surface area contributed by atoms with Gasteiger partial charge in [0.05, 0.1) is 11.0 Å². The van der Waals surface area contributed by atoms with Crippen LogP contribution in [0.4, 0.5) is 4.79 Å². The fourth-order valence-corrected chi connectivity index (χ4v) is 4.04. The quantitative estimate of drug-likeness (QED) is 0.331. The van der Waals surface area contributed by atoms with Crippen LogP contribution in [0.2, 0.25) is 0 Å². The molecule has 0 saturated heterocycles. The Morgan fingerprint density at radius 3 is 2.52 bits per heavy atom. The second-order valence-corrected chi connectivity index (χ2v) is 9.96. The average molecular weight is 508 g/mol. The molecule has 2 aromatic carbocycles. The van der Waals surface area contributed by atoms with Gasteiger partial charge in [-0.05, 0) is 69.2 Å². The van der Waals surface area contributed by atoms with Crippen LogP contribution in [0, 0.1) is 0 Å². The SMILES string of the molecule is CN(CCc1ccc(-n2c(=O)ccc3cnc4ccc(Br)cc4c32)cc1)C(=O)OC(C)(C)C. The fraction of sp³-hybridized carbons (Fsp3) is 0.269. The van der Waals surface area contributed by atoms with Crippen molar-refractivity contribution in [3.63, 3.8) is 0 Å². The molecule has 170 valence electrons. The van der Waals surface area contributed by atoms with Gasteiger partial charge in [0, 0.05) is 46.8 Å². The van der Waals surface area contributed by atoms with Crippen molar-refractivity contribution in [2.24, 2.45) is 0 Å².